The lowest BCUT2D eigenvalue weighted by Crippen LogP contribution is -2.13. The second-order valence-electron chi connectivity index (χ2n) is 7.44. The first-order valence-corrected chi connectivity index (χ1v) is 9.58. The third kappa shape index (κ3) is 2.79. The maximum absolute atomic E-state index is 13.5. The molecule has 0 unspecified atom stereocenters. The standard InChI is InChI=1S/C24H18F3N3/c1-14-11-12-17-16-7-4-6-10-21(16)30(23(17)15(14)2)29-20-13-22(24(25,26)27)28-19-9-5-3-8-18(19)20/h3-13H,1-2H3,(H,28,29). The summed E-state index contributed by atoms with van der Waals surface area (Å²) in [6, 6.07) is 19.9. The van der Waals surface area contributed by atoms with Crippen molar-refractivity contribution in [3.63, 3.8) is 0 Å². The minimum atomic E-state index is -4.53. The van der Waals surface area contributed by atoms with Gasteiger partial charge in [-0.05, 0) is 43.2 Å². The minimum absolute atomic E-state index is 0.295. The Bertz CT molecular complexity index is 1430. The highest BCUT2D eigenvalue weighted by atomic mass is 19.4. The van der Waals surface area contributed by atoms with Gasteiger partial charge in [0.05, 0.1) is 22.2 Å². The van der Waals surface area contributed by atoms with E-state index < -0.39 is 11.9 Å². The third-order valence-corrected chi connectivity index (χ3v) is 5.60. The van der Waals surface area contributed by atoms with Gasteiger partial charge in [0.1, 0.15) is 5.69 Å². The van der Waals surface area contributed by atoms with Crippen molar-refractivity contribution in [2.24, 2.45) is 0 Å². The third-order valence-electron chi connectivity index (χ3n) is 5.60. The van der Waals surface area contributed by atoms with Crippen molar-refractivity contribution in [3.05, 3.63) is 83.6 Å². The Morgan fingerprint density at radius 1 is 0.833 bits per heavy atom. The van der Waals surface area contributed by atoms with Gasteiger partial charge in [0.2, 0.25) is 0 Å². The van der Waals surface area contributed by atoms with Crippen LogP contribution in [0.1, 0.15) is 16.8 Å². The van der Waals surface area contributed by atoms with Crippen LogP contribution in [0.4, 0.5) is 18.9 Å². The maximum atomic E-state index is 13.5. The first-order chi connectivity index (χ1) is 14.3. The van der Waals surface area contributed by atoms with Crippen LogP contribution < -0.4 is 5.43 Å². The van der Waals surface area contributed by atoms with Gasteiger partial charge in [0.15, 0.2) is 0 Å². The van der Waals surface area contributed by atoms with E-state index in [1.807, 2.05) is 42.8 Å². The van der Waals surface area contributed by atoms with E-state index in [-0.39, 0.29) is 0 Å². The highest BCUT2D eigenvalue weighted by Gasteiger charge is 2.33. The van der Waals surface area contributed by atoms with Crippen molar-refractivity contribution >= 4 is 38.4 Å². The number of nitrogens with one attached hydrogen (secondary N) is 1. The van der Waals surface area contributed by atoms with Gasteiger partial charge in [-0.1, -0.05) is 48.5 Å². The topological polar surface area (TPSA) is 29.9 Å². The Morgan fingerprint density at radius 2 is 1.53 bits per heavy atom. The van der Waals surface area contributed by atoms with Crippen molar-refractivity contribution in [1.29, 1.82) is 0 Å². The molecule has 3 aromatic carbocycles. The molecule has 0 atom stereocenters. The number of nitrogens with zero attached hydrogens (tertiary/aromatic N) is 2. The summed E-state index contributed by atoms with van der Waals surface area (Å²) in [6.07, 6.45) is -4.53. The highest BCUT2D eigenvalue weighted by molar-refractivity contribution is 6.10. The molecular formula is C24H18F3N3. The van der Waals surface area contributed by atoms with Gasteiger partial charge in [0.25, 0.3) is 0 Å². The Balaban J connectivity index is 1.83. The van der Waals surface area contributed by atoms with Crippen molar-refractivity contribution in [3.8, 4) is 0 Å². The molecule has 0 spiro atoms. The summed E-state index contributed by atoms with van der Waals surface area (Å²) in [5.74, 6) is 0. The average molecular weight is 405 g/mol. The molecule has 0 saturated carbocycles. The summed E-state index contributed by atoms with van der Waals surface area (Å²) in [5.41, 5.74) is 7.04. The molecule has 0 bridgehead atoms. The van der Waals surface area contributed by atoms with Crippen LogP contribution in [0, 0.1) is 13.8 Å². The minimum Gasteiger partial charge on any atom is -0.293 e. The molecule has 0 fully saturated rings. The molecule has 2 heterocycles. The predicted molar refractivity (Wildman–Crippen MR) is 115 cm³/mol. The maximum Gasteiger partial charge on any atom is 0.433 e. The van der Waals surface area contributed by atoms with E-state index in [0.717, 1.165) is 39.0 Å². The van der Waals surface area contributed by atoms with Crippen molar-refractivity contribution in [1.82, 2.24) is 9.66 Å². The van der Waals surface area contributed by atoms with Crippen LogP contribution in [0.3, 0.4) is 0 Å². The molecule has 5 rings (SSSR count). The lowest BCUT2D eigenvalue weighted by molar-refractivity contribution is -0.140. The number of benzene rings is 3. The molecule has 3 nitrogen and oxygen atoms in total. The molecule has 5 aromatic rings. The fraction of sp³-hybridized carbons (Fsp3) is 0.125. The van der Waals surface area contributed by atoms with Crippen LogP contribution in [0.5, 0.6) is 0 Å². The fourth-order valence-corrected chi connectivity index (χ4v) is 3.97. The Hall–Kier alpha value is -3.54. The molecular weight excluding hydrogens is 387 g/mol. The number of alkyl halides is 3. The number of aromatic nitrogens is 2. The Labute approximate surface area is 170 Å². The van der Waals surface area contributed by atoms with Gasteiger partial charge in [-0.3, -0.25) is 10.1 Å². The molecule has 0 aliphatic heterocycles. The number of hydrogen-bond donors (Lipinski definition) is 1. The van der Waals surface area contributed by atoms with Crippen molar-refractivity contribution in [2.75, 3.05) is 5.43 Å². The lowest BCUT2D eigenvalue weighted by atomic mass is 10.1. The molecule has 30 heavy (non-hydrogen) atoms. The van der Waals surface area contributed by atoms with Gasteiger partial charge in [0, 0.05) is 16.2 Å². The molecule has 2 aromatic heterocycles. The predicted octanol–water partition coefficient (Wildman–Crippen LogP) is 6.85. The Kier molecular flexibility index (Phi) is 4.00. The van der Waals surface area contributed by atoms with Crippen LogP contribution >= 0.6 is 0 Å². The van der Waals surface area contributed by atoms with E-state index in [0.29, 0.717) is 16.6 Å². The summed E-state index contributed by atoms with van der Waals surface area (Å²) in [4.78, 5) is 3.82. The smallest absolute Gasteiger partial charge is 0.293 e. The number of halogens is 3. The summed E-state index contributed by atoms with van der Waals surface area (Å²) in [5, 5.41) is 2.72. The summed E-state index contributed by atoms with van der Waals surface area (Å²) in [7, 11) is 0. The first kappa shape index (κ1) is 18.5. The van der Waals surface area contributed by atoms with Gasteiger partial charge in [-0.15, -0.1) is 0 Å². The molecule has 0 aliphatic carbocycles. The van der Waals surface area contributed by atoms with E-state index in [9.17, 15) is 13.2 Å². The van der Waals surface area contributed by atoms with Crippen molar-refractivity contribution in [2.45, 2.75) is 20.0 Å². The van der Waals surface area contributed by atoms with Crippen LogP contribution in [0.25, 0.3) is 32.7 Å². The molecule has 0 saturated heterocycles. The molecule has 150 valence electrons. The molecule has 6 heteroatoms. The number of pyridine rings is 1. The number of hydrogen-bond acceptors (Lipinski definition) is 2. The average Bonchev–Trinajstić information content (AvgIpc) is 3.04. The quantitative estimate of drug-likeness (QED) is 0.348. The number of para-hydroxylation sites is 2. The van der Waals surface area contributed by atoms with Crippen LogP contribution in [-0.2, 0) is 6.18 Å². The zero-order chi connectivity index (χ0) is 21.0. The van der Waals surface area contributed by atoms with Crippen LogP contribution in [-0.4, -0.2) is 9.66 Å². The second-order valence-corrected chi connectivity index (χ2v) is 7.44. The normalized spacial score (nSPS) is 12.2. The number of anilines is 1. The number of rotatable bonds is 2. The van der Waals surface area contributed by atoms with E-state index in [1.165, 1.54) is 0 Å². The summed E-state index contributed by atoms with van der Waals surface area (Å²) >= 11 is 0. The van der Waals surface area contributed by atoms with E-state index in [4.69, 9.17) is 0 Å². The zero-order valence-corrected chi connectivity index (χ0v) is 16.4. The van der Waals surface area contributed by atoms with E-state index in [2.05, 4.69) is 22.5 Å². The van der Waals surface area contributed by atoms with Gasteiger partial charge in [-0.2, -0.15) is 13.2 Å². The monoisotopic (exact) mass is 405 g/mol. The number of fused-ring (bicyclic) bond motifs is 4. The highest BCUT2D eigenvalue weighted by Crippen LogP contribution is 2.36. The van der Waals surface area contributed by atoms with Gasteiger partial charge < -0.3 is 0 Å². The Morgan fingerprint density at radius 3 is 2.30 bits per heavy atom. The molecule has 0 radical (unpaired) electrons. The summed E-state index contributed by atoms with van der Waals surface area (Å²) in [6.45, 7) is 4.06. The fourth-order valence-electron chi connectivity index (χ4n) is 3.97. The molecule has 1 N–H and O–H groups in total. The lowest BCUT2D eigenvalue weighted by Gasteiger charge is -2.17. The second kappa shape index (κ2) is 6.49. The first-order valence-electron chi connectivity index (χ1n) is 9.58. The molecule has 0 aliphatic rings. The SMILES string of the molecule is Cc1ccc2c3ccccc3n(Nc3cc(C(F)(F)F)nc4ccccc34)c2c1C. The largest absolute Gasteiger partial charge is 0.433 e. The van der Waals surface area contributed by atoms with Gasteiger partial charge in [-0.25, -0.2) is 4.98 Å². The molecule has 0 amide bonds. The number of aryl methyl sites for hydroxylation is 2. The van der Waals surface area contributed by atoms with Crippen LogP contribution in [0.15, 0.2) is 66.7 Å². The van der Waals surface area contributed by atoms with E-state index >= 15 is 0 Å². The summed E-state index contributed by atoms with van der Waals surface area (Å²) < 4.78 is 42.4. The van der Waals surface area contributed by atoms with E-state index in [1.54, 1.807) is 24.3 Å². The van der Waals surface area contributed by atoms with Crippen LogP contribution in [0.2, 0.25) is 0 Å². The zero-order valence-electron chi connectivity index (χ0n) is 16.4. The van der Waals surface area contributed by atoms with Gasteiger partial charge >= 0.3 is 6.18 Å². The van der Waals surface area contributed by atoms with Crippen molar-refractivity contribution < 1.29 is 13.2 Å².